The van der Waals surface area contributed by atoms with Gasteiger partial charge in [0.1, 0.15) is 5.72 Å². The van der Waals surface area contributed by atoms with E-state index in [1.165, 1.54) is 7.11 Å². The second kappa shape index (κ2) is 3.87. The number of anilines is 1. The molecule has 0 spiro atoms. The van der Waals surface area contributed by atoms with Crippen molar-refractivity contribution in [3.05, 3.63) is 18.2 Å². The first-order valence-electron chi connectivity index (χ1n) is 5.41. The van der Waals surface area contributed by atoms with Gasteiger partial charge in [-0.25, -0.2) is 0 Å². The maximum absolute atomic E-state index is 10.1. The Morgan fingerprint density at radius 3 is 2.69 bits per heavy atom. The summed E-state index contributed by atoms with van der Waals surface area (Å²) in [4.78, 5) is 1.90. The van der Waals surface area contributed by atoms with E-state index in [-0.39, 0.29) is 5.75 Å². The summed E-state index contributed by atoms with van der Waals surface area (Å²) in [5.74, 6) is 0.547. The van der Waals surface area contributed by atoms with Gasteiger partial charge >= 0.3 is 0 Å². The second-order valence-corrected chi connectivity index (χ2v) is 4.33. The Bertz CT molecular complexity index is 390. The summed E-state index contributed by atoms with van der Waals surface area (Å²) in [5, 5.41) is 19.8. The highest BCUT2D eigenvalue weighted by Gasteiger charge is 2.34. The number of phenolic OH excluding ortho intramolecular Hbond substituents is 1. The standard InChI is InChI=1S/C12H17NO3/c1-12(15)6-3-7-13(12)9-4-5-11(16-2)10(14)8-9/h4-5,8,14-15H,3,6-7H2,1-2H3. The minimum Gasteiger partial charge on any atom is -0.504 e. The molecule has 1 unspecified atom stereocenters. The van der Waals surface area contributed by atoms with Crippen LogP contribution < -0.4 is 9.64 Å². The number of hydrogen-bond acceptors (Lipinski definition) is 4. The third kappa shape index (κ3) is 1.80. The molecule has 2 rings (SSSR count). The molecule has 1 aliphatic rings. The van der Waals surface area contributed by atoms with Gasteiger partial charge < -0.3 is 19.8 Å². The minimum atomic E-state index is -0.818. The predicted molar refractivity (Wildman–Crippen MR) is 61.9 cm³/mol. The van der Waals surface area contributed by atoms with E-state index in [0.717, 1.165) is 25.1 Å². The lowest BCUT2D eigenvalue weighted by molar-refractivity contribution is 0.0714. The Kier molecular flexibility index (Phi) is 2.68. The van der Waals surface area contributed by atoms with Crippen LogP contribution in [0.3, 0.4) is 0 Å². The molecule has 0 saturated carbocycles. The summed E-state index contributed by atoms with van der Waals surface area (Å²) in [6.07, 6.45) is 1.71. The van der Waals surface area contributed by atoms with Gasteiger partial charge in [0.2, 0.25) is 0 Å². The highest BCUT2D eigenvalue weighted by Crippen LogP contribution is 2.36. The number of phenols is 1. The van der Waals surface area contributed by atoms with Crippen molar-refractivity contribution in [2.24, 2.45) is 0 Å². The van der Waals surface area contributed by atoms with Gasteiger partial charge in [0, 0.05) is 18.3 Å². The van der Waals surface area contributed by atoms with Gasteiger partial charge in [-0.2, -0.15) is 0 Å². The number of ether oxygens (including phenoxy) is 1. The lowest BCUT2D eigenvalue weighted by Gasteiger charge is -2.32. The average Bonchev–Trinajstić information content (AvgIpc) is 2.58. The molecular formula is C12H17NO3. The first kappa shape index (κ1) is 11.1. The van der Waals surface area contributed by atoms with E-state index in [9.17, 15) is 10.2 Å². The van der Waals surface area contributed by atoms with Crippen LogP contribution in [0.2, 0.25) is 0 Å². The molecule has 0 radical (unpaired) electrons. The summed E-state index contributed by atoms with van der Waals surface area (Å²) in [6, 6.07) is 5.18. The van der Waals surface area contributed by atoms with E-state index < -0.39 is 5.72 Å². The fourth-order valence-corrected chi connectivity index (χ4v) is 2.20. The Balaban J connectivity index is 2.31. The number of aliphatic hydroxyl groups is 1. The van der Waals surface area contributed by atoms with E-state index >= 15 is 0 Å². The van der Waals surface area contributed by atoms with E-state index in [1.807, 2.05) is 11.0 Å². The minimum absolute atomic E-state index is 0.0997. The topological polar surface area (TPSA) is 52.9 Å². The summed E-state index contributed by atoms with van der Waals surface area (Å²) >= 11 is 0. The zero-order valence-corrected chi connectivity index (χ0v) is 9.60. The van der Waals surface area contributed by atoms with Gasteiger partial charge in [-0.3, -0.25) is 0 Å². The number of aromatic hydroxyl groups is 1. The number of hydrogen-bond donors (Lipinski definition) is 2. The van der Waals surface area contributed by atoms with Crippen molar-refractivity contribution in [1.82, 2.24) is 0 Å². The SMILES string of the molecule is COc1ccc(N2CCCC2(C)O)cc1O. The van der Waals surface area contributed by atoms with Gasteiger partial charge in [0.05, 0.1) is 7.11 Å². The summed E-state index contributed by atoms with van der Waals surface area (Å²) in [6.45, 7) is 2.60. The summed E-state index contributed by atoms with van der Waals surface area (Å²) < 4.78 is 4.98. The fourth-order valence-electron chi connectivity index (χ4n) is 2.20. The smallest absolute Gasteiger partial charge is 0.160 e. The van der Waals surface area contributed by atoms with E-state index in [1.54, 1.807) is 19.1 Å². The average molecular weight is 223 g/mol. The van der Waals surface area contributed by atoms with Crippen molar-refractivity contribution in [3.8, 4) is 11.5 Å². The van der Waals surface area contributed by atoms with Crippen molar-refractivity contribution in [2.75, 3.05) is 18.6 Å². The molecule has 0 bridgehead atoms. The molecule has 1 fully saturated rings. The molecule has 0 amide bonds. The Hall–Kier alpha value is -1.42. The lowest BCUT2D eigenvalue weighted by Crippen LogP contribution is -2.40. The molecule has 1 aromatic carbocycles. The maximum atomic E-state index is 10.1. The zero-order valence-electron chi connectivity index (χ0n) is 9.60. The van der Waals surface area contributed by atoms with Crippen LogP contribution in [0.15, 0.2) is 18.2 Å². The molecule has 0 aromatic heterocycles. The predicted octanol–water partition coefficient (Wildman–Crippen LogP) is 1.71. The molecule has 4 nitrogen and oxygen atoms in total. The van der Waals surface area contributed by atoms with Crippen LogP contribution in [-0.2, 0) is 0 Å². The molecule has 1 atom stereocenters. The van der Waals surface area contributed by atoms with Gasteiger partial charge in [0.15, 0.2) is 11.5 Å². The van der Waals surface area contributed by atoms with Gasteiger partial charge in [-0.15, -0.1) is 0 Å². The zero-order chi connectivity index (χ0) is 11.8. The molecule has 1 saturated heterocycles. The third-order valence-electron chi connectivity index (χ3n) is 3.09. The molecule has 0 aliphatic carbocycles. The van der Waals surface area contributed by atoms with Gasteiger partial charge in [-0.05, 0) is 31.9 Å². The lowest BCUT2D eigenvalue weighted by atomic mass is 10.1. The van der Waals surface area contributed by atoms with Crippen molar-refractivity contribution >= 4 is 5.69 Å². The van der Waals surface area contributed by atoms with Gasteiger partial charge in [0.25, 0.3) is 0 Å². The normalized spacial score (nSPS) is 24.8. The number of rotatable bonds is 2. The Morgan fingerprint density at radius 1 is 1.44 bits per heavy atom. The molecule has 1 aromatic rings. The van der Waals surface area contributed by atoms with E-state index in [4.69, 9.17) is 4.74 Å². The van der Waals surface area contributed by atoms with Crippen LogP contribution in [-0.4, -0.2) is 29.6 Å². The van der Waals surface area contributed by atoms with E-state index in [2.05, 4.69) is 0 Å². The molecule has 16 heavy (non-hydrogen) atoms. The molecule has 1 aliphatic heterocycles. The van der Waals surface area contributed by atoms with Crippen LogP contribution in [0.4, 0.5) is 5.69 Å². The van der Waals surface area contributed by atoms with Crippen LogP contribution >= 0.6 is 0 Å². The first-order chi connectivity index (χ1) is 7.54. The molecule has 2 N–H and O–H groups in total. The van der Waals surface area contributed by atoms with Crippen LogP contribution in [0.1, 0.15) is 19.8 Å². The monoisotopic (exact) mass is 223 g/mol. The first-order valence-corrected chi connectivity index (χ1v) is 5.41. The van der Waals surface area contributed by atoms with E-state index in [0.29, 0.717) is 5.75 Å². The summed E-state index contributed by atoms with van der Waals surface area (Å²) in [5.41, 5.74) is 0.00176. The van der Waals surface area contributed by atoms with Crippen LogP contribution in [0.5, 0.6) is 11.5 Å². The fraction of sp³-hybridized carbons (Fsp3) is 0.500. The highest BCUT2D eigenvalue weighted by atomic mass is 16.5. The van der Waals surface area contributed by atoms with Gasteiger partial charge in [-0.1, -0.05) is 0 Å². The quantitative estimate of drug-likeness (QED) is 0.801. The van der Waals surface area contributed by atoms with Crippen molar-refractivity contribution in [3.63, 3.8) is 0 Å². The number of benzene rings is 1. The molecular weight excluding hydrogens is 206 g/mol. The van der Waals surface area contributed by atoms with Crippen LogP contribution in [0, 0.1) is 0 Å². The Labute approximate surface area is 95.1 Å². The van der Waals surface area contributed by atoms with Crippen LogP contribution in [0.25, 0.3) is 0 Å². The largest absolute Gasteiger partial charge is 0.504 e. The second-order valence-electron chi connectivity index (χ2n) is 4.33. The maximum Gasteiger partial charge on any atom is 0.160 e. The highest BCUT2D eigenvalue weighted by molar-refractivity contribution is 5.57. The Morgan fingerprint density at radius 2 is 2.19 bits per heavy atom. The molecule has 88 valence electrons. The summed E-state index contributed by atoms with van der Waals surface area (Å²) in [7, 11) is 1.51. The van der Waals surface area contributed by atoms with Crippen molar-refractivity contribution < 1.29 is 14.9 Å². The third-order valence-corrected chi connectivity index (χ3v) is 3.09. The molecule has 4 heteroatoms. The van der Waals surface area contributed by atoms with Crippen molar-refractivity contribution in [2.45, 2.75) is 25.5 Å². The van der Waals surface area contributed by atoms with Crippen molar-refractivity contribution in [1.29, 1.82) is 0 Å². The number of methoxy groups -OCH3 is 1. The number of nitrogens with zero attached hydrogens (tertiary/aromatic N) is 1. The molecule has 1 heterocycles.